The van der Waals surface area contributed by atoms with Crippen molar-refractivity contribution in [1.29, 1.82) is 0 Å². The Morgan fingerprint density at radius 1 is 1.73 bits per heavy atom. The maximum Gasteiger partial charge on any atom is 0.122 e. The summed E-state index contributed by atoms with van der Waals surface area (Å²) in [6.45, 7) is 0.219. The molecule has 2 aromatic rings. The van der Waals surface area contributed by atoms with E-state index < -0.39 is 0 Å². The van der Waals surface area contributed by atoms with E-state index in [9.17, 15) is 4.91 Å². The molecular weight excluding hydrogens is 162 g/mol. The van der Waals surface area contributed by atoms with Crippen molar-refractivity contribution in [2.24, 2.45) is 5.18 Å². The quantitative estimate of drug-likeness (QED) is 0.638. The molecule has 0 atom stereocenters. The zero-order chi connectivity index (χ0) is 7.68. The maximum absolute atomic E-state index is 9.96. The third kappa shape index (κ3) is 0.932. The SMILES string of the molecule is O=NCc1csc2cncn12. The normalized spacial score (nSPS) is 10.5. The minimum absolute atomic E-state index is 0.219. The van der Waals surface area contributed by atoms with Crippen LogP contribution < -0.4 is 0 Å². The van der Waals surface area contributed by atoms with Gasteiger partial charge in [-0.1, -0.05) is 5.18 Å². The zero-order valence-electron chi connectivity index (χ0n) is 5.60. The summed E-state index contributed by atoms with van der Waals surface area (Å²) >= 11 is 1.56. The lowest BCUT2D eigenvalue weighted by Crippen LogP contribution is -1.85. The highest BCUT2D eigenvalue weighted by atomic mass is 32.1. The van der Waals surface area contributed by atoms with Crippen molar-refractivity contribution in [3.8, 4) is 0 Å². The monoisotopic (exact) mass is 167 g/mol. The molecule has 0 aliphatic carbocycles. The molecule has 0 amide bonds. The van der Waals surface area contributed by atoms with Crippen LogP contribution in [0.5, 0.6) is 0 Å². The zero-order valence-corrected chi connectivity index (χ0v) is 6.41. The van der Waals surface area contributed by atoms with Gasteiger partial charge in [-0.3, -0.25) is 4.40 Å². The van der Waals surface area contributed by atoms with Gasteiger partial charge in [0.1, 0.15) is 17.7 Å². The van der Waals surface area contributed by atoms with Crippen LogP contribution >= 0.6 is 11.3 Å². The highest BCUT2D eigenvalue weighted by molar-refractivity contribution is 7.15. The van der Waals surface area contributed by atoms with Gasteiger partial charge >= 0.3 is 0 Å². The number of hydrogen-bond acceptors (Lipinski definition) is 4. The lowest BCUT2D eigenvalue weighted by atomic mass is 10.5. The molecule has 0 aromatic carbocycles. The van der Waals surface area contributed by atoms with Gasteiger partial charge in [-0.15, -0.1) is 11.3 Å². The van der Waals surface area contributed by atoms with E-state index >= 15 is 0 Å². The number of nitrogens with zero attached hydrogens (tertiary/aromatic N) is 3. The topological polar surface area (TPSA) is 46.7 Å². The number of hydrogen-bond donors (Lipinski definition) is 0. The Hall–Kier alpha value is -1.23. The maximum atomic E-state index is 9.96. The fraction of sp³-hybridized carbons (Fsp3) is 0.167. The Balaban J connectivity index is 2.59. The smallest absolute Gasteiger partial charge is 0.122 e. The van der Waals surface area contributed by atoms with Crippen molar-refractivity contribution >= 4 is 16.2 Å². The van der Waals surface area contributed by atoms with E-state index in [0.29, 0.717) is 0 Å². The summed E-state index contributed by atoms with van der Waals surface area (Å²) < 4.78 is 1.87. The lowest BCUT2D eigenvalue weighted by molar-refractivity contribution is 0.950. The van der Waals surface area contributed by atoms with E-state index in [4.69, 9.17) is 0 Å². The van der Waals surface area contributed by atoms with E-state index in [0.717, 1.165) is 10.5 Å². The molecule has 0 unspecified atom stereocenters. The van der Waals surface area contributed by atoms with E-state index in [2.05, 4.69) is 10.2 Å². The largest absolute Gasteiger partial charge is 0.292 e. The molecule has 0 fully saturated rings. The number of fused-ring (bicyclic) bond motifs is 1. The average molecular weight is 167 g/mol. The van der Waals surface area contributed by atoms with Crippen molar-refractivity contribution in [3.05, 3.63) is 28.5 Å². The van der Waals surface area contributed by atoms with Crippen LogP contribution in [-0.4, -0.2) is 9.38 Å². The van der Waals surface area contributed by atoms with Crippen LogP contribution in [0.1, 0.15) is 5.69 Å². The molecule has 0 saturated heterocycles. The third-order valence-electron chi connectivity index (χ3n) is 1.46. The predicted molar refractivity (Wildman–Crippen MR) is 42.6 cm³/mol. The van der Waals surface area contributed by atoms with Gasteiger partial charge in [0, 0.05) is 5.38 Å². The van der Waals surface area contributed by atoms with Crippen LogP contribution in [0.2, 0.25) is 0 Å². The average Bonchev–Trinajstić information content (AvgIpc) is 2.53. The highest BCUT2D eigenvalue weighted by Gasteiger charge is 2.01. The van der Waals surface area contributed by atoms with Gasteiger partial charge in [0.25, 0.3) is 0 Å². The molecule has 2 aromatic heterocycles. The molecule has 2 heterocycles. The molecular formula is C6H5N3OS. The van der Waals surface area contributed by atoms with Crippen molar-refractivity contribution in [2.75, 3.05) is 0 Å². The first-order valence-electron chi connectivity index (χ1n) is 3.09. The van der Waals surface area contributed by atoms with Gasteiger partial charge in [0.15, 0.2) is 0 Å². The molecule has 0 saturated carbocycles. The summed E-state index contributed by atoms with van der Waals surface area (Å²) in [5.74, 6) is 0. The van der Waals surface area contributed by atoms with Crippen molar-refractivity contribution in [2.45, 2.75) is 6.54 Å². The Morgan fingerprint density at radius 3 is 3.45 bits per heavy atom. The molecule has 0 aliphatic rings. The van der Waals surface area contributed by atoms with Crippen LogP contribution in [-0.2, 0) is 6.54 Å². The van der Waals surface area contributed by atoms with Crippen LogP contribution in [0.4, 0.5) is 0 Å². The number of nitroso groups, excluding NO2 is 1. The standard InChI is InChI=1S/C6H5N3OS/c10-8-1-5-3-11-6-2-7-4-9(5)6/h2-4H,1H2. The molecule has 4 nitrogen and oxygen atoms in total. The fourth-order valence-corrected chi connectivity index (χ4v) is 1.80. The van der Waals surface area contributed by atoms with Gasteiger partial charge < -0.3 is 0 Å². The number of thiazole rings is 1. The molecule has 0 aliphatic heterocycles. The molecule has 2 rings (SSSR count). The molecule has 56 valence electrons. The van der Waals surface area contributed by atoms with E-state index in [1.165, 1.54) is 0 Å². The number of rotatable bonds is 2. The molecule has 0 radical (unpaired) electrons. The Morgan fingerprint density at radius 2 is 2.64 bits per heavy atom. The van der Waals surface area contributed by atoms with Crippen LogP contribution in [0, 0.1) is 4.91 Å². The Labute approximate surface area is 66.5 Å². The van der Waals surface area contributed by atoms with Crippen molar-refractivity contribution in [3.63, 3.8) is 0 Å². The first-order chi connectivity index (χ1) is 5.42. The predicted octanol–water partition coefficient (Wildman–Crippen LogP) is 1.66. The summed E-state index contributed by atoms with van der Waals surface area (Å²) in [5, 5.41) is 4.73. The van der Waals surface area contributed by atoms with Crippen LogP contribution in [0.15, 0.2) is 23.1 Å². The van der Waals surface area contributed by atoms with Crippen LogP contribution in [0.3, 0.4) is 0 Å². The second kappa shape index (κ2) is 2.43. The van der Waals surface area contributed by atoms with Crippen molar-refractivity contribution in [1.82, 2.24) is 9.38 Å². The summed E-state index contributed by atoms with van der Waals surface area (Å²) in [4.78, 5) is 14.9. The minimum Gasteiger partial charge on any atom is -0.292 e. The summed E-state index contributed by atoms with van der Waals surface area (Å²) in [7, 11) is 0. The summed E-state index contributed by atoms with van der Waals surface area (Å²) in [5.41, 5.74) is 0.900. The fourth-order valence-electron chi connectivity index (χ4n) is 0.951. The molecule has 0 N–H and O–H groups in total. The third-order valence-corrected chi connectivity index (χ3v) is 2.39. The first kappa shape index (κ1) is 6.48. The van der Waals surface area contributed by atoms with E-state index in [-0.39, 0.29) is 6.54 Å². The second-order valence-electron chi connectivity index (χ2n) is 2.12. The van der Waals surface area contributed by atoms with Gasteiger partial charge in [-0.05, 0) is 0 Å². The van der Waals surface area contributed by atoms with Gasteiger partial charge in [0.2, 0.25) is 0 Å². The first-order valence-corrected chi connectivity index (χ1v) is 3.97. The van der Waals surface area contributed by atoms with Gasteiger partial charge in [-0.2, -0.15) is 4.91 Å². The number of aromatic nitrogens is 2. The highest BCUT2D eigenvalue weighted by Crippen LogP contribution is 2.15. The molecule has 0 bridgehead atoms. The number of imidazole rings is 1. The van der Waals surface area contributed by atoms with E-state index in [1.54, 1.807) is 23.9 Å². The Kier molecular flexibility index (Phi) is 1.43. The Bertz CT molecular complexity index is 378. The molecule has 0 spiro atoms. The summed E-state index contributed by atoms with van der Waals surface area (Å²) in [6, 6.07) is 0. The second-order valence-corrected chi connectivity index (χ2v) is 3.01. The van der Waals surface area contributed by atoms with Crippen molar-refractivity contribution < 1.29 is 0 Å². The van der Waals surface area contributed by atoms with Gasteiger partial charge in [0.05, 0.1) is 11.9 Å². The minimum atomic E-state index is 0.219. The summed E-state index contributed by atoms with van der Waals surface area (Å²) in [6.07, 6.45) is 3.45. The van der Waals surface area contributed by atoms with Crippen LogP contribution in [0.25, 0.3) is 4.83 Å². The molecule has 5 heteroatoms. The van der Waals surface area contributed by atoms with Gasteiger partial charge in [-0.25, -0.2) is 4.98 Å². The van der Waals surface area contributed by atoms with E-state index in [1.807, 2.05) is 9.78 Å². The molecule has 11 heavy (non-hydrogen) atoms. The lowest BCUT2D eigenvalue weighted by Gasteiger charge is -1.87.